The standard InChI is InChI=1S/C17H12ClF3O4/c1-9-4-10(6-11(5-9)17(19,20)21)16(24)13-7-12(18)2-3-14(13)25-8-15(22)23/h2-7H,8H2,1H3,(H,22,23). The molecule has 4 nitrogen and oxygen atoms in total. The van der Waals surface area contributed by atoms with E-state index >= 15 is 0 Å². The van der Waals surface area contributed by atoms with Crippen LogP contribution in [0.15, 0.2) is 36.4 Å². The van der Waals surface area contributed by atoms with Gasteiger partial charge in [-0.3, -0.25) is 4.79 Å². The number of carboxylic acids is 1. The Morgan fingerprint density at radius 3 is 2.44 bits per heavy atom. The van der Waals surface area contributed by atoms with E-state index in [2.05, 4.69) is 0 Å². The second kappa shape index (κ2) is 7.14. The number of aryl methyl sites for hydroxylation is 1. The SMILES string of the molecule is Cc1cc(C(=O)c2cc(Cl)ccc2OCC(=O)O)cc(C(F)(F)F)c1. The highest BCUT2D eigenvalue weighted by molar-refractivity contribution is 6.31. The molecule has 0 radical (unpaired) electrons. The van der Waals surface area contributed by atoms with E-state index in [4.69, 9.17) is 21.4 Å². The zero-order chi connectivity index (χ0) is 18.8. The minimum absolute atomic E-state index is 0.0770. The molecule has 0 heterocycles. The number of carbonyl (C=O) groups is 2. The lowest BCUT2D eigenvalue weighted by Crippen LogP contribution is -2.13. The lowest BCUT2D eigenvalue weighted by molar-refractivity contribution is -0.139. The minimum atomic E-state index is -4.60. The van der Waals surface area contributed by atoms with Gasteiger partial charge < -0.3 is 9.84 Å². The first-order valence-corrected chi connectivity index (χ1v) is 7.33. The first-order chi connectivity index (χ1) is 11.6. The highest BCUT2D eigenvalue weighted by Crippen LogP contribution is 2.32. The van der Waals surface area contributed by atoms with Crippen molar-refractivity contribution in [1.29, 1.82) is 0 Å². The summed E-state index contributed by atoms with van der Waals surface area (Å²) in [6, 6.07) is 6.86. The molecule has 132 valence electrons. The number of ketones is 1. The maximum absolute atomic E-state index is 12.9. The van der Waals surface area contributed by atoms with Crippen LogP contribution in [0, 0.1) is 6.92 Å². The molecule has 0 fully saturated rings. The van der Waals surface area contributed by atoms with Crippen molar-refractivity contribution in [2.75, 3.05) is 6.61 Å². The maximum atomic E-state index is 12.9. The van der Waals surface area contributed by atoms with Gasteiger partial charge in [-0.15, -0.1) is 0 Å². The van der Waals surface area contributed by atoms with Crippen LogP contribution in [0.2, 0.25) is 5.02 Å². The van der Waals surface area contributed by atoms with Crippen LogP contribution in [-0.4, -0.2) is 23.5 Å². The Kier molecular flexibility index (Phi) is 5.37. The van der Waals surface area contributed by atoms with Crippen LogP contribution in [0.25, 0.3) is 0 Å². The highest BCUT2D eigenvalue weighted by Gasteiger charge is 2.31. The van der Waals surface area contributed by atoms with Crippen LogP contribution in [0.4, 0.5) is 13.2 Å². The molecule has 0 unspecified atom stereocenters. The molecule has 0 aliphatic rings. The fourth-order valence-electron chi connectivity index (χ4n) is 2.18. The average Bonchev–Trinajstić information content (AvgIpc) is 2.51. The molecule has 0 aromatic heterocycles. The van der Waals surface area contributed by atoms with Crippen molar-refractivity contribution in [3.05, 3.63) is 63.7 Å². The number of halogens is 4. The van der Waals surface area contributed by atoms with Crippen LogP contribution in [0.5, 0.6) is 5.75 Å². The third kappa shape index (κ3) is 4.73. The Hall–Kier alpha value is -2.54. The van der Waals surface area contributed by atoms with Crippen molar-refractivity contribution in [2.45, 2.75) is 13.1 Å². The van der Waals surface area contributed by atoms with E-state index in [-0.39, 0.29) is 27.5 Å². The van der Waals surface area contributed by atoms with Gasteiger partial charge in [-0.2, -0.15) is 13.2 Å². The molecule has 0 aliphatic heterocycles. The van der Waals surface area contributed by atoms with E-state index in [1.807, 2.05) is 0 Å². The second-order valence-corrected chi connectivity index (χ2v) is 5.67. The maximum Gasteiger partial charge on any atom is 0.416 e. The number of benzene rings is 2. The van der Waals surface area contributed by atoms with Crippen molar-refractivity contribution < 1.29 is 32.6 Å². The van der Waals surface area contributed by atoms with Gasteiger partial charge >= 0.3 is 12.1 Å². The zero-order valence-electron chi connectivity index (χ0n) is 12.9. The van der Waals surface area contributed by atoms with Crippen LogP contribution < -0.4 is 4.74 Å². The summed E-state index contributed by atoms with van der Waals surface area (Å²) < 4.78 is 43.9. The monoisotopic (exact) mass is 372 g/mol. The van der Waals surface area contributed by atoms with Crippen LogP contribution in [0.3, 0.4) is 0 Å². The van der Waals surface area contributed by atoms with Gasteiger partial charge in [0.1, 0.15) is 5.75 Å². The topological polar surface area (TPSA) is 63.6 Å². The number of carboxylic acid groups (broad SMARTS) is 1. The van der Waals surface area contributed by atoms with E-state index in [1.165, 1.54) is 31.2 Å². The number of aliphatic carboxylic acids is 1. The van der Waals surface area contributed by atoms with Crippen molar-refractivity contribution in [3.63, 3.8) is 0 Å². The van der Waals surface area contributed by atoms with E-state index in [0.29, 0.717) is 0 Å². The molecule has 0 saturated carbocycles. The van der Waals surface area contributed by atoms with Gasteiger partial charge in [0, 0.05) is 10.6 Å². The Morgan fingerprint density at radius 1 is 1.16 bits per heavy atom. The molecule has 2 aromatic carbocycles. The van der Waals surface area contributed by atoms with E-state index in [0.717, 1.165) is 12.1 Å². The van der Waals surface area contributed by atoms with Crippen LogP contribution in [-0.2, 0) is 11.0 Å². The highest BCUT2D eigenvalue weighted by atomic mass is 35.5. The van der Waals surface area contributed by atoms with Crippen molar-refractivity contribution in [2.24, 2.45) is 0 Å². The average molecular weight is 373 g/mol. The van der Waals surface area contributed by atoms with Gasteiger partial charge in [-0.05, 0) is 48.9 Å². The Bertz CT molecular complexity index is 831. The van der Waals surface area contributed by atoms with Crippen molar-refractivity contribution >= 4 is 23.4 Å². The quantitative estimate of drug-likeness (QED) is 0.792. The number of carbonyl (C=O) groups excluding carboxylic acids is 1. The van der Waals surface area contributed by atoms with Gasteiger partial charge in [-0.1, -0.05) is 11.6 Å². The number of ether oxygens (including phenoxy) is 1. The van der Waals surface area contributed by atoms with Crippen LogP contribution in [0.1, 0.15) is 27.0 Å². The van der Waals surface area contributed by atoms with E-state index in [9.17, 15) is 22.8 Å². The summed E-state index contributed by atoms with van der Waals surface area (Å²) in [4.78, 5) is 23.3. The number of alkyl halides is 3. The lowest BCUT2D eigenvalue weighted by Gasteiger charge is -2.13. The largest absolute Gasteiger partial charge is 0.481 e. The second-order valence-electron chi connectivity index (χ2n) is 5.24. The molecule has 8 heteroatoms. The number of hydrogen-bond acceptors (Lipinski definition) is 3. The predicted molar refractivity (Wildman–Crippen MR) is 84.2 cm³/mol. The van der Waals surface area contributed by atoms with Crippen molar-refractivity contribution in [3.8, 4) is 5.75 Å². The molecule has 0 bridgehead atoms. The third-order valence-electron chi connectivity index (χ3n) is 3.20. The first-order valence-electron chi connectivity index (χ1n) is 6.95. The normalized spacial score (nSPS) is 11.2. The summed E-state index contributed by atoms with van der Waals surface area (Å²) in [5, 5.41) is 8.84. The summed E-state index contributed by atoms with van der Waals surface area (Å²) in [7, 11) is 0. The third-order valence-corrected chi connectivity index (χ3v) is 3.44. The Morgan fingerprint density at radius 2 is 1.84 bits per heavy atom. The first kappa shape index (κ1) is 18.8. The van der Waals surface area contributed by atoms with Crippen molar-refractivity contribution in [1.82, 2.24) is 0 Å². The zero-order valence-corrected chi connectivity index (χ0v) is 13.6. The van der Waals surface area contributed by atoms with Gasteiger partial charge in [0.05, 0.1) is 11.1 Å². The predicted octanol–water partition coefficient (Wildman–Crippen LogP) is 4.36. The van der Waals surface area contributed by atoms with E-state index in [1.54, 1.807) is 0 Å². The smallest absolute Gasteiger partial charge is 0.416 e. The van der Waals surface area contributed by atoms with E-state index < -0.39 is 30.1 Å². The van der Waals surface area contributed by atoms with Gasteiger partial charge in [-0.25, -0.2) is 4.79 Å². The molecule has 0 saturated heterocycles. The summed E-state index contributed by atoms with van der Waals surface area (Å²) in [6.07, 6.45) is -4.60. The van der Waals surface area contributed by atoms with Crippen LogP contribution >= 0.6 is 11.6 Å². The molecule has 2 rings (SSSR count). The van der Waals surface area contributed by atoms with Gasteiger partial charge in [0.2, 0.25) is 0 Å². The fraction of sp³-hybridized carbons (Fsp3) is 0.176. The van der Waals surface area contributed by atoms with Gasteiger partial charge in [0.25, 0.3) is 0 Å². The number of rotatable bonds is 5. The molecule has 25 heavy (non-hydrogen) atoms. The number of hydrogen-bond donors (Lipinski definition) is 1. The van der Waals surface area contributed by atoms with Gasteiger partial charge in [0.15, 0.2) is 12.4 Å². The minimum Gasteiger partial charge on any atom is -0.481 e. The molecule has 1 N–H and O–H groups in total. The molecule has 0 aliphatic carbocycles. The fourth-order valence-corrected chi connectivity index (χ4v) is 2.35. The Balaban J connectivity index is 2.49. The molecule has 0 amide bonds. The lowest BCUT2D eigenvalue weighted by atomic mass is 9.98. The molecular weight excluding hydrogens is 361 g/mol. The Labute approximate surface area is 145 Å². The molecular formula is C17H12ClF3O4. The molecule has 0 spiro atoms. The summed E-state index contributed by atoms with van der Waals surface area (Å²) in [5.41, 5.74) is -1.01. The summed E-state index contributed by atoms with van der Waals surface area (Å²) in [5.74, 6) is -2.09. The molecule has 0 atom stereocenters. The molecule has 2 aromatic rings. The summed E-state index contributed by atoms with van der Waals surface area (Å²) >= 11 is 5.84. The summed E-state index contributed by atoms with van der Waals surface area (Å²) in [6.45, 7) is 0.732.